The largest absolute Gasteiger partial charge is 0.508 e. The second-order valence-corrected chi connectivity index (χ2v) is 4.63. The average Bonchev–Trinajstić information content (AvgIpc) is 2.18. The molecule has 0 atom stereocenters. The van der Waals surface area contributed by atoms with Gasteiger partial charge in [0.15, 0.2) is 0 Å². The molecule has 0 aliphatic rings. The molecule has 3 N–H and O–H groups in total. The van der Waals surface area contributed by atoms with Crippen molar-refractivity contribution in [1.82, 2.24) is 0 Å². The molecule has 15 heavy (non-hydrogen) atoms. The van der Waals surface area contributed by atoms with E-state index in [1.165, 1.54) is 0 Å². The van der Waals surface area contributed by atoms with E-state index in [4.69, 9.17) is 5.90 Å². The highest BCUT2D eigenvalue weighted by molar-refractivity contribution is 9.10. The molecule has 1 aromatic carbocycles. The lowest BCUT2D eigenvalue weighted by atomic mass is 10.00. The first-order valence-corrected chi connectivity index (χ1v) is 5.68. The Balaban J connectivity index is 2.97. The van der Waals surface area contributed by atoms with E-state index in [9.17, 15) is 5.11 Å². The molecule has 0 heterocycles. The smallest absolute Gasteiger partial charge is 0.119 e. The zero-order chi connectivity index (χ0) is 11.4. The molecule has 0 saturated heterocycles. The van der Waals surface area contributed by atoms with Crippen LogP contribution in [0.15, 0.2) is 16.6 Å². The van der Waals surface area contributed by atoms with E-state index >= 15 is 0 Å². The standard InChI is InChI=1S/C11H16BrNO2/c1-7(2)9-6-11(14)8(3-4-15-13)5-10(9)12/h5-7,14H,3-4,13H2,1-2H3. The second kappa shape index (κ2) is 5.49. The molecular weight excluding hydrogens is 258 g/mol. The van der Waals surface area contributed by atoms with E-state index in [0.717, 1.165) is 15.6 Å². The Hall–Kier alpha value is -0.580. The number of benzene rings is 1. The van der Waals surface area contributed by atoms with Crippen molar-refractivity contribution < 1.29 is 9.94 Å². The third-order valence-corrected chi connectivity index (χ3v) is 3.00. The summed E-state index contributed by atoms with van der Waals surface area (Å²) in [5, 5.41) is 9.77. The zero-order valence-electron chi connectivity index (χ0n) is 8.96. The van der Waals surface area contributed by atoms with Crippen molar-refractivity contribution in [2.24, 2.45) is 5.90 Å². The van der Waals surface area contributed by atoms with Crippen LogP contribution >= 0.6 is 15.9 Å². The van der Waals surface area contributed by atoms with E-state index in [2.05, 4.69) is 34.6 Å². The van der Waals surface area contributed by atoms with Crippen molar-refractivity contribution in [3.63, 3.8) is 0 Å². The molecule has 1 rings (SSSR count). The molecule has 3 nitrogen and oxygen atoms in total. The summed E-state index contributed by atoms with van der Waals surface area (Å²) in [7, 11) is 0. The minimum absolute atomic E-state index is 0.305. The van der Waals surface area contributed by atoms with E-state index in [-0.39, 0.29) is 0 Å². The van der Waals surface area contributed by atoms with Gasteiger partial charge < -0.3 is 9.94 Å². The molecule has 4 heteroatoms. The molecule has 0 fully saturated rings. The fraction of sp³-hybridized carbons (Fsp3) is 0.455. The monoisotopic (exact) mass is 273 g/mol. The van der Waals surface area contributed by atoms with Crippen molar-refractivity contribution in [2.45, 2.75) is 26.2 Å². The van der Waals surface area contributed by atoms with Crippen LogP contribution in [0.1, 0.15) is 30.9 Å². The first kappa shape index (κ1) is 12.5. The van der Waals surface area contributed by atoms with E-state index < -0.39 is 0 Å². The van der Waals surface area contributed by atoms with Crippen molar-refractivity contribution >= 4 is 15.9 Å². The van der Waals surface area contributed by atoms with Crippen LogP contribution in [0, 0.1) is 0 Å². The first-order chi connectivity index (χ1) is 7.06. The summed E-state index contributed by atoms with van der Waals surface area (Å²) in [5.41, 5.74) is 1.95. The lowest BCUT2D eigenvalue weighted by molar-refractivity contribution is 0.140. The van der Waals surface area contributed by atoms with Gasteiger partial charge in [0, 0.05) is 10.9 Å². The van der Waals surface area contributed by atoms with Crippen LogP contribution in [0.5, 0.6) is 5.75 Å². The maximum absolute atomic E-state index is 9.77. The van der Waals surface area contributed by atoms with Gasteiger partial charge in [-0.05, 0) is 29.2 Å². The van der Waals surface area contributed by atoms with Crippen LogP contribution in [-0.4, -0.2) is 11.7 Å². The number of nitrogens with two attached hydrogens (primary N) is 1. The summed E-state index contributed by atoms with van der Waals surface area (Å²) in [5.74, 6) is 5.63. The van der Waals surface area contributed by atoms with Gasteiger partial charge >= 0.3 is 0 Å². The SMILES string of the molecule is CC(C)c1cc(O)c(CCON)cc1Br. The number of phenols is 1. The predicted molar refractivity (Wildman–Crippen MR) is 63.7 cm³/mol. The first-order valence-electron chi connectivity index (χ1n) is 4.89. The highest BCUT2D eigenvalue weighted by Gasteiger charge is 2.10. The van der Waals surface area contributed by atoms with Crippen LogP contribution in [-0.2, 0) is 11.3 Å². The average molecular weight is 274 g/mol. The van der Waals surface area contributed by atoms with Gasteiger partial charge in [0.05, 0.1) is 6.61 Å². The zero-order valence-corrected chi connectivity index (χ0v) is 10.5. The topological polar surface area (TPSA) is 55.5 Å². The summed E-state index contributed by atoms with van der Waals surface area (Å²) in [6.45, 7) is 4.57. The van der Waals surface area contributed by atoms with E-state index in [1.54, 1.807) is 6.07 Å². The van der Waals surface area contributed by atoms with Crippen LogP contribution in [0.3, 0.4) is 0 Å². The molecular formula is C11H16BrNO2. The second-order valence-electron chi connectivity index (χ2n) is 3.78. The maximum Gasteiger partial charge on any atom is 0.119 e. The number of halogens is 1. The summed E-state index contributed by atoms with van der Waals surface area (Å²) in [4.78, 5) is 4.49. The highest BCUT2D eigenvalue weighted by Crippen LogP contribution is 2.31. The Morgan fingerprint density at radius 3 is 2.67 bits per heavy atom. The number of hydrogen-bond donors (Lipinski definition) is 2. The van der Waals surface area contributed by atoms with Gasteiger partial charge in [0.1, 0.15) is 5.75 Å². The molecule has 0 radical (unpaired) electrons. The Morgan fingerprint density at radius 1 is 1.47 bits per heavy atom. The van der Waals surface area contributed by atoms with Crippen molar-refractivity contribution in [2.75, 3.05) is 6.61 Å². The molecule has 0 amide bonds. The molecule has 0 bridgehead atoms. The number of phenolic OH excluding ortho intramolecular Hbond substituents is 1. The number of hydrogen-bond acceptors (Lipinski definition) is 3. The molecule has 0 aromatic heterocycles. The lowest BCUT2D eigenvalue weighted by Gasteiger charge is -2.12. The maximum atomic E-state index is 9.77. The fourth-order valence-corrected chi connectivity index (χ4v) is 2.28. The van der Waals surface area contributed by atoms with Crippen molar-refractivity contribution in [3.05, 3.63) is 27.7 Å². The normalized spacial score (nSPS) is 11.0. The fourth-order valence-electron chi connectivity index (χ4n) is 1.43. The molecule has 0 unspecified atom stereocenters. The van der Waals surface area contributed by atoms with Crippen LogP contribution in [0.2, 0.25) is 0 Å². The summed E-state index contributed by atoms with van der Waals surface area (Å²) < 4.78 is 1.02. The third kappa shape index (κ3) is 3.19. The van der Waals surface area contributed by atoms with Crippen LogP contribution in [0.25, 0.3) is 0 Å². The van der Waals surface area contributed by atoms with Crippen molar-refractivity contribution in [3.8, 4) is 5.75 Å². The Morgan fingerprint density at radius 2 is 2.13 bits per heavy atom. The van der Waals surface area contributed by atoms with Gasteiger partial charge in [-0.2, -0.15) is 0 Å². The number of rotatable bonds is 4. The van der Waals surface area contributed by atoms with Gasteiger partial charge in [-0.15, -0.1) is 0 Å². The molecule has 1 aromatic rings. The minimum Gasteiger partial charge on any atom is -0.508 e. The summed E-state index contributed by atoms with van der Waals surface area (Å²) >= 11 is 3.49. The molecule has 0 saturated carbocycles. The van der Waals surface area contributed by atoms with Crippen LogP contribution < -0.4 is 5.90 Å². The molecule has 0 aliphatic heterocycles. The van der Waals surface area contributed by atoms with E-state index in [0.29, 0.717) is 24.7 Å². The molecule has 0 aliphatic carbocycles. The Kier molecular flexibility index (Phi) is 4.57. The van der Waals surface area contributed by atoms with Gasteiger partial charge in [0.25, 0.3) is 0 Å². The molecule has 0 spiro atoms. The van der Waals surface area contributed by atoms with Gasteiger partial charge in [0.2, 0.25) is 0 Å². The van der Waals surface area contributed by atoms with Gasteiger partial charge in [-0.1, -0.05) is 29.8 Å². The Bertz CT molecular complexity index is 340. The predicted octanol–water partition coefficient (Wildman–Crippen LogP) is 2.71. The lowest BCUT2D eigenvalue weighted by Crippen LogP contribution is -2.04. The molecule has 84 valence electrons. The summed E-state index contributed by atoms with van der Waals surface area (Å²) in [6, 6.07) is 3.71. The van der Waals surface area contributed by atoms with Gasteiger partial charge in [-0.25, -0.2) is 5.90 Å². The Labute approximate surface area is 98.3 Å². The van der Waals surface area contributed by atoms with Gasteiger partial charge in [-0.3, -0.25) is 0 Å². The minimum atomic E-state index is 0.305. The quantitative estimate of drug-likeness (QED) is 0.830. The van der Waals surface area contributed by atoms with Crippen molar-refractivity contribution in [1.29, 1.82) is 0 Å². The number of aromatic hydroxyl groups is 1. The third-order valence-electron chi connectivity index (χ3n) is 2.31. The summed E-state index contributed by atoms with van der Waals surface area (Å²) in [6.07, 6.45) is 0.610. The van der Waals surface area contributed by atoms with E-state index in [1.807, 2.05) is 6.07 Å². The highest BCUT2D eigenvalue weighted by atomic mass is 79.9. The van der Waals surface area contributed by atoms with Crippen LogP contribution in [0.4, 0.5) is 0 Å².